The SMILES string of the molecule is C=CN(C=C)c1ccc2c3c1OP(=O)(O2)O3. The van der Waals surface area contributed by atoms with Gasteiger partial charge < -0.3 is 18.5 Å². The quantitative estimate of drug-likeness (QED) is 0.756. The van der Waals surface area contributed by atoms with E-state index in [2.05, 4.69) is 13.2 Å². The smallest absolute Gasteiger partial charge is 0.382 e. The summed E-state index contributed by atoms with van der Waals surface area (Å²) in [6.07, 6.45) is 3.13. The van der Waals surface area contributed by atoms with Gasteiger partial charge >= 0.3 is 7.82 Å². The molecular weight excluding hydrogens is 229 g/mol. The van der Waals surface area contributed by atoms with Gasteiger partial charge in [-0.25, -0.2) is 0 Å². The van der Waals surface area contributed by atoms with Crippen LogP contribution in [-0.4, -0.2) is 0 Å². The van der Waals surface area contributed by atoms with E-state index in [0.29, 0.717) is 22.9 Å². The average molecular weight is 237 g/mol. The molecule has 0 N–H and O–H groups in total. The molecule has 1 aromatic carbocycles. The number of nitrogens with zero attached hydrogens (tertiary/aromatic N) is 1. The van der Waals surface area contributed by atoms with Crippen molar-refractivity contribution in [2.24, 2.45) is 0 Å². The second kappa shape index (κ2) is 2.83. The molecule has 0 amide bonds. The van der Waals surface area contributed by atoms with Crippen molar-refractivity contribution in [3.63, 3.8) is 0 Å². The van der Waals surface area contributed by atoms with Crippen LogP contribution in [-0.2, 0) is 4.57 Å². The summed E-state index contributed by atoms with van der Waals surface area (Å²) < 4.78 is 27.0. The van der Waals surface area contributed by atoms with Gasteiger partial charge in [-0.15, -0.1) is 0 Å². The number of hydrogen-bond acceptors (Lipinski definition) is 5. The molecule has 16 heavy (non-hydrogen) atoms. The van der Waals surface area contributed by atoms with E-state index in [1.165, 1.54) is 0 Å². The van der Waals surface area contributed by atoms with E-state index in [9.17, 15) is 4.57 Å². The minimum absolute atomic E-state index is 0.384. The zero-order chi connectivity index (χ0) is 11.3. The molecule has 6 heteroatoms. The molecule has 2 aliphatic heterocycles. The van der Waals surface area contributed by atoms with Gasteiger partial charge in [0.2, 0.25) is 11.5 Å². The van der Waals surface area contributed by atoms with Crippen molar-refractivity contribution >= 4 is 13.5 Å². The van der Waals surface area contributed by atoms with Gasteiger partial charge in [-0.2, -0.15) is 4.57 Å². The Hall–Kier alpha value is -1.87. The van der Waals surface area contributed by atoms with Gasteiger partial charge in [0.05, 0.1) is 5.69 Å². The molecule has 2 heterocycles. The standard InChI is InChI=1S/C10H8NO4P/c1-3-11(4-2)7-5-6-8-10-9(7)14-16(12,13-8)15-10/h3-6H,1-2H2. The first-order chi connectivity index (χ1) is 7.67. The van der Waals surface area contributed by atoms with E-state index in [1.807, 2.05) is 0 Å². The summed E-state index contributed by atoms with van der Waals surface area (Å²) >= 11 is 0. The van der Waals surface area contributed by atoms with Crippen molar-refractivity contribution in [3.05, 3.63) is 37.7 Å². The number of benzene rings is 1. The fraction of sp³-hybridized carbons (Fsp3) is 0. The maximum Gasteiger partial charge on any atom is 0.647 e. The van der Waals surface area contributed by atoms with Crippen molar-refractivity contribution in [1.82, 2.24) is 0 Å². The zero-order valence-corrected chi connectivity index (χ0v) is 9.15. The molecule has 1 atom stereocenters. The van der Waals surface area contributed by atoms with Crippen molar-refractivity contribution in [3.8, 4) is 17.2 Å². The van der Waals surface area contributed by atoms with Crippen LogP contribution in [0.3, 0.4) is 0 Å². The molecule has 1 aromatic rings. The highest BCUT2D eigenvalue weighted by atomic mass is 31.2. The van der Waals surface area contributed by atoms with Gasteiger partial charge in [-0.1, -0.05) is 13.2 Å². The molecule has 0 saturated carbocycles. The highest BCUT2D eigenvalue weighted by molar-refractivity contribution is 7.50. The van der Waals surface area contributed by atoms with Crippen LogP contribution in [0.5, 0.6) is 17.2 Å². The minimum atomic E-state index is -3.43. The molecule has 0 saturated heterocycles. The van der Waals surface area contributed by atoms with E-state index >= 15 is 0 Å². The van der Waals surface area contributed by atoms with Crippen LogP contribution >= 0.6 is 7.82 Å². The normalized spacial score (nSPS) is 23.0. The average Bonchev–Trinajstić information content (AvgIpc) is 2.76. The number of fused-ring (bicyclic) bond motifs is 1. The van der Waals surface area contributed by atoms with Gasteiger partial charge in [0.15, 0.2) is 5.75 Å². The predicted octanol–water partition coefficient (Wildman–Crippen LogP) is 3.05. The number of phosphoric acid groups is 1. The number of anilines is 1. The fourth-order valence-corrected chi connectivity index (χ4v) is 2.95. The van der Waals surface area contributed by atoms with Crippen LogP contribution in [0.1, 0.15) is 0 Å². The topological polar surface area (TPSA) is 48.0 Å². The molecule has 0 aliphatic carbocycles. The Morgan fingerprint density at radius 2 is 1.81 bits per heavy atom. The molecule has 82 valence electrons. The molecular formula is C10H8NO4P. The van der Waals surface area contributed by atoms with E-state index in [4.69, 9.17) is 13.6 Å². The van der Waals surface area contributed by atoms with Crippen molar-refractivity contribution in [2.75, 3.05) is 4.90 Å². The van der Waals surface area contributed by atoms with E-state index in [0.717, 1.165) is 0 Å². The Morgan fingerprint density at radius 1 is 1.12 bits per heavy atom. The van der Waals surface area contributed by atoms with Crippen molar-refractivity contribution in [2.45, 2.75) is 0 Å². The van der Waals surface area contributed by atoms with Gasteiger partial charge in [-0.05, 0) is 12.1 Å². The second-order valence-corrected chi connectivity index (χ2v) is 4.68. The van der Waals surface area contributed by atoms with Crippen LogP contribution in [0.4, 0.5) is 5.69 Å². The third-order valence-corrected chi connectivity index (χ3v) is 3.58. The lowest BCUT2D eigenvalue weighted by Gasteiger charge is -2.19. The van der Waals surface area contributed by atoms with E-state index in [-0.39, 0.29) is 0 Å². The first kappa shape index (κ1) is 9.36. The summed E-state index contributed by atoms with van der Waals surface area (Å²) in [6.45, 7) is 7.29. The maximum absolute atomic E-state index is 11.7. The van der Waals surface area contributed by atoms with Crippen LogP contribution in [0.2, 0.25) is 0 Å². The van der Waals surface area contributed by atoms with Crippen LogP contribution in [0, 0.1) is 0 Å². The Bertz CT molecular complexity index is 546. The van der Waals surface area contributed by atoms with Crippen LogP contribution in [0.15, 0.2) is 37.7 Å². The first-order valence-electron chi connectivity index (χ1n) is 4.56. The lowest BCUT2D eigenvalue weighted by Crippen LogP contribution is -2.07. The third kappa shape index (κ3) is 1.03. The zero-order valence-electron chi connectivity index (χ0n) is 8.25. The number of rotatable bonds is 3. The van der Waals surface area contributed by atoms with Gasteiger partial charge in [0.1, 0.15) is 0 Å². The fourth-order valence-electron chi connectivity index (χ4n) is 1.66. The Balaban J connectivity index is 2.19. The molecule has 0 fully saturated rings. The first-order valence-corrected chi connectivity index (χ1v) is 6.02. The number of phosphoric ester groups is 1. The lowest BCUT2D eigenvalue weighted by atomic mass is 10.2. The Morgan fingerprint density at radius 3 is 2.44 bits per heavy atom. The Labute approximate surface area is 92.2 Å². The van der Waals surface area contributed by atoms with Crippen LogP contribution < -0.4 is 18.5 Å². The molecule has 2 bridgehead atoms. The molecule has 0 aromatic heterocycles. The van der Waals surface area contributed by atoms with E-state index in [1.54, 1.807) is 29.4 Å². The van der Waals surface area contributed by atoms with Crippen molar-refractivity contribution in [1.29, 1.82) is 0 Å². The van der Waals surface area contributed by atoms with Gasteiger partial charge in [-0.3, -0.25) is 0 Å². The van der Waals surface area contributed by atoms with E-state index < -0.39 is 7.82 Å². The lowest BCUT2D eigenvalue weighted by molar-refractivity contribution is 0.354. The number of hydrogen-bond donors (Lipinski definition) is 0. The monoisotopic (exact) mass is 237 g/mol. The molecule has 1 unspecified atom stereocenters. The highest BCUT2D eigenvalue weighted by Crippen LogP contribution is 2.70. The summed E-state index contributed by atoms with van der Waals surface area (Å²) in [6, 6.07) is 3.44. The second-order valence-electron chi connectivity index (χ2n) is 3.23. The summed E-state index contributed by atoms with van der Waals surface area (Å²) in [5, 5.41) is 0. The van der Waals surface area contributed by atoms with Gasteiger partial charge in [0.25, 0.3) is 0 Å². The largest absolute Gasteiger partial charge is 0.647 e. The molecule has 0 radical (unpaired) electrons. The van der Waals surface area contributed by atoms with Gasteiger partial charge in [0, 0.05) is 12.4 Å². The third-order valence-electron chi connectivity index (χ3n) is 2.34. The predicted molar refractivity (Wildman–Crippen MR) is 58.8 cm³/mol. The minimum Gasteiger partial charge on any atom is -0.382 e. The van der Waals surface area contributed by atoms with Crippen molar-refractivity contribution < 1.29 is 18.1 Å². The highest BCUT2D eigenvalue weighted by Gasteiger charge is 2.51. The molecule has 5 nitrogen and oxygen atoms in total. The summed E-state index contributed by atoms with van der Waals surface area (Å²) in [7, 11) is -3.43. The summed E-state index contributed by atoms with van der Waals surface area (Å²) in [4.78, 5) is 1.65. The summed E-state index contributed by atoms with van der Waals surface area (Å²) in [5.74, 6) is 1.24. The maximum atomic E-state index is 11.7. The molecule has 2 aliphatic rings. The molecule has 0 spiro atoms. The Kier molecular flexibility index (Phi) is 1.66. The summed E-state index contributed by atoms with van der Waals surface area (Å²) in [5.41, 5.74) is 0.671. The van der Waals surface area contributed by atoms with Crippen LogP contribution in [0.25, 0.3) is 0 Å². The molecule has 3 rings (SSSR count).